The van der Waals surface area contributed by atoms with Crippen molar-refractivity contribution in [1.29, 1.82) is 0 Å². The first-order valence-corrected chi connectivity index (χ1v) is 9.92. The van der Waals surface area contributed by atoms with Gasteiger partial charge < -0.3 is 9.64 Å². The van der Waals surface area contributed by atoms with Crippen molar-refractivity contribution in [2.75, 3.05) is 18.6 Å². The zero-order chi connectivity index (χ0) is 23.9. The summed E-state index contributed by atoms with van der Waals surface area (Å²) in [6.45, 7) is 1.78. The third kappa shape index (κ3) is 4.11. The van der Waals surface area contributed by atoms with Gasteiger partial charge in [0, 0.05) is 24.0 Å². The molecule has 0 saturated heterocycles. The SMILES string of the molecule is COC(=O)c1ccc2c(c1)CCN2C(=O)c1nn(-c2cccc(C(F)(F)F)c2)c(C)cc1=O. The average Bonchev–Trinajstić information content (AvgIpc) is 3.21. The van der Waals surface area contributed by atoms with Gasteiger partial charge in [0.25, 0.3) is 5.91 Å². The van der Waals surface area contributed by atoms with Crippen LogP contribution >= 0.6 is 0 Å². The van der Waals surface area contributed by atoms with Gasteiger partial charge in [-0.1, -0.05) is 6.07 Å². The van der Waals surface area contributed by atoms with Crippen LogP contribution in [0.4, 0.5) is 18.9 Å². The average molecular weight is 457 g/mol. The molecule has 2 aromatic carbocycles. The van der Waals surface area contributed by atoms with Gasteiger partial charge in [-0.05, 0) is 55.3 Å². The zero-order valence-corrected chi connectivity index (χ0v) is 17.6. The molecule has 33 heavy (non-hydrogen) atoms. The van der Waals surface area contributed by atoms with E-state index in [-0.39, 0.29) is 17.9 Å². The van der Waals surface area contributed by atoms with E-state index in [1.54, 1.807) is 12.1 Å². The lowest BCUT2D eigenvalue weighted by molar-refractivity contribution is -0.137. The lowest BCUT2D eigenvalue weighted by atomic mass is 10.1. The van der Waals surface area contributed by atoms with Gasteiger partial charge in [0.05, 0.1) is 23.9 Å². The maximum atomic E-state index is 13.2. The molecule has 4 rings (SSSR count). The fourth-order valence-corrected chi connectivity index (χ4v) is 3.76. The van der Waals surface area contributed by atoms with Crippen molar-refractivity contribution < 1.29 is 27.5 Å². The third-order valence-corrected chi connectivity index (χ3v) is 5.37. The minimum atomic E-state index is -4.55. The summed E-state index contributed by atoms with van der Waals surface area (Å²) in [7, 11) is 1.27. The van der Waals surface area contributed by atoms with Gasteiger partial charge in [0.15, 0.2) is 5.69 Å². The van der Waals surface area contributed by atoms with Crippen LogP contribution in [0.15, 0.2) is 53.3 Å². The molecule has 0 unspecified atom stereocenters. The Morgan fingerprint density at radius 1 is 1.09 bits per heavy atom. The van der Waals surface area contributed by atoms with Crippen LogP contribution in [0.2, 0.25) is 0 Å². The number of hydrogen-bond donors (Lipinski definition) is 0. The number of halogens is 3. The van der Waals surface area contributed by atoms with Crippen LogP contribution in [-0.2, 0) is 17.3 Å². The molecule has 1 amide bonds. The van der Waals surface area contributed by atoms with Crippen molar-refractivity contribution in [2.24, 2.45) is 0 Å². The van der Waals surface area contributed by atoms with E-state index < -0.39 is 34.7 Å². The number of aryl methyl sites for hydroxylation is 1. The predicted octanol–water partition coefficient (Wildman–Crippen LogP) is 3.55. The quantitative estimate of drug-likeness (QED) is 0.562. The van der Waals surface area contributed by atoms with Crippen molar-refractivity contribution >= 4 is 17.6 Å². The van der Waals surface area contributed by atoms with E-state index in [1.807, 2.05) is 0 Å². The molecule has 0 saturated carbocycles. The molecular weight excluding hydrogens is 439 g/mol. The number of anilines is 1. The molecule has 0 aliphatic carbocycles. The number of aromatic nitrogens is 2. The van der Waals surface area contributed by atoms with E-state index in [2.05, 4.69) is 5.10 Å². The summed E-state index contributed by atoms with van der Waals surface area (Å²) in [6.07, 6.45) is -4.09. The predicted molar refractivity (Wildman–Crippen MR) is 113 cm³/mol. The maximum absolute atomic E-state index is 13.2. The molecule has 7 nitrogen and oxygen atoms in total. The van der Waals surface area contributed by atoms with Crippen molar-refractivity contribution in [3.05, 3.63) is 86.8 Å². The molecule has 0 spiro atoms. The van der Waals surface area contributed by atoms with E-state index >= 15 is 0 Å². The molecule has 0 fully saturated rings. The number of amides is 1. The van der Waals surface area contributed by atoms with E-state index in [4.69, 9.17) is 4.74 Å². The zero-order valence-electron chi connectivity index (χ0n) is 17.6. The lowest BCUT2D eigenvalue weighted by Crippen LogP contribution is -2.35. The number of fused-ring (bicyclic) bond motifs is 1. The van der Waals surface area contributed by atoms with Gasteiger partial charge in [0.1, 0.15) is 0 Å². The van der Waals surface area contributed by atoms with E-state index in [1.165, 1.54) is 37.1 Å². The third-order valence-electron chi connectivity index (χ3n) is 5.37. The fourth-order valence-electron chi connectivity index (χ4n) is 3.76. The molecule has 10 heteroatoms. The molecule has 0 radical (unpaired) electrons. The summed E-state index contributed by atoms with van der Waals surface area (Å²) in [5.41, 5.74) is 0.0229. The van der Waals surface area contributed by atoms with Gasteiger partial charge in [-0.3, -0.25) is 9.59 Å². The van der Waals surface area contributed by atoms with Gasteiger partial charge >= 0.3 is 12.1 Å². The van der Waals surface area contributed by atoms with Crippen LogP contribution < -0.4 is 10.3 Å². The lowest BCUT2D eigenvalue weighted by Gasteiger charge is -2.18. The number of esters is 1. The highest BCUT2D eigenvalue weighted by Gasteiger charge is 2.32. The molecular formula is C23H18F3N3O4. The van der Waals surface area contributed by atoms with Crippen molar-refractivity contribution in [2.45, 2.75) is 19.5 Å². The van der Waals surface area contributed by atoms with Gasteiger partial charge in [-0.25, -0.2) is 9.48 Å². The summed E-state index contributed by atoms with van der Waals surface area (Å²) >= 11 is 0. The van der Waals surface area contributed by atoms with Crippen LogP contribution in [-0.4, -0.2) is 35.3 Å². The van der Waals surface area contributed by atoms with Crippen molar-refractivity contribution in [1.82, 2.24) is 9.78 Å². The molecule has 1 aromatic heterocycles. The highest BCUT2D eigenvalue weighted by Crippen LogP contribution is 2.31. The summed E-state index contributed by atoms with van der Waals surface area (Å²) < 4.78 is 45.2. The number of hydrogen-bond acceptors (Lipinski definition) is 5. The van der Waals surface area contributed by atoms with Crippen LogP contribution in [0.25, 0.3) is 5.69 Å². The summed E-state index contributed by atoms with van der Waals surface area (Å²) in [4.78, 5) is 38.9. The first-order valence-electron chi connectivity index (χ1n) is 9.92. The maximum Gasteiger partial charge on any atom is 0.416 e. The Morgan fingerprint density at radius 2 is 1.85 bits per heavy atom. The van der Waals surface area contributed by atoms with Crippen LogP contribution in [0.3, 0.4) is 0 Å². The monoisotopic (exact) mass is 457 g/mol. The second-order valence-electron chi connectivity index (χ2n) is 7.50. The van der Waals surface area contributed by atoms with Crippen LogP contribution in [0.5, 0.6) is 0 Å². The Hall–Kier alpha value is -3.95. The number of benzene rings is 2. The topological polar surface area (TPSA) is 81.5 Å². The number of carbonyl (C=O) groups is 2. The molecule has 0 N–H and O–H groups in total. The summed E-state index contributed by atoms with van der Waals surface area (Å²) in [5.74, 6) is -1.18. The van der Waals surface area contributed by atoms with Crippen LogP contribution in [0, 0.1) is 6.92 Å². The molecule has 2 heterocycles. The number of carbonyl (C=O) groups excluding carboxylic acids is 2. The first-order chi connectivity index (χ1) is 15.6. The second kappa shape index (κ2) is 8.19. The Labute approximate surface area is 186 Å². The first kappa shape index (κ1) is 22.3. The van der Waals surface area contributed by atoms with Gasteiger partial charge in [-0.2, -0.15) is 18.3 Å². The molecule has 1 aliphatic rings. The number of nitrogens with zero attached hydrogens (tertiary/aromatic N) is 3. The highest BCUT2D eigenvalue weighted by atomic mass is 19.4. The normalized spacial score (nSPS) is 13.1. The van der Waals surface area contributed by atoms with E-state index in [0.29, 0.717) is 17.7 Å². The number of ether oxygens (including phenoxy) is 1. The number of methoxy groups -OCH3 is 1. The largest absolute Gasteiger partial charge is 0.465 e. The van der Waals surface area contributed by atoms with E-state index in [0.717, 1.165) is 28.4 Å². The minimum Gasteiger partial charge on any atom is -0.465 e. The molecule has 3 aromatic rings. The minimum absolute atomic E-state index is 0.0703. The molecule has 170 valence electrons. The summed E-state index contributed by atoms with van der Waals surface area (Å²) in [6, 6.07) is 10.4. The molecule has 1 aliphatic heterocycles. The fraction of sp³-hybridized carbons (Fsp3) is 0.217. The highest BCUT2D eigenvalue weighted by molar-refractivity contribution is 6.06. The Balaban J connectivity index is 1.73. The summed E-state index contributed by atoms with van der Waals surface area (Å²) in [5, 5.41) is 4.11. The van der Waals surface area contributed by atoms with Crippen LogP contribution in [0.1, 0.15) is 37.7 Å². The Kier molecular flexibility index (Phi) is 5.52. The number of rotatable bonds is 3. The number of alkyl halides is 3. The molecule has 0 bridgehead atoms. The second-order valence-corrected chi connectivity index (χ2v) is 7.50. The smallest absolute Gasteiger partial charge is 0.416 e. The van der Waals surface area contributed by atoms with Gasteiger partial charge in [0.2, 0.25) is 5.43 Å². The standard InChI is InChI=1S/C23H18F3N3O4/c1-13-10-19(30)20(27-29(13)17-5-3-4-16(12-17)23(24,25)26)21(31)28-9-8-14-11-15(22(32)33-2)6-7-18(14)28/h3-7,10-12H,8-9H2,1-2H3. The van der Waals surface area contributed by atoms with Gasteiger partial charge in [-0.15, -0.1) is 0 Å². The Morgan fingerprint density at radius 3 is 2.55 bits per heavy atom. The van der Waals surface area contributed by atoms with E-state index in [9.17, 15) is 27.6 Å². The van der Waals surface area contributed by atoms with Crippen molar-refractivity contribution in [3.63, 3.8) is 0 Å². The van der Waals surface area contributed by atoms with Crippen molar-refractivity contribution in [3.8, 4) is 5.69 Å². The Bertz CT molecular complexity index is 1330. The molecule has 0 atom stereocenters.